The van der Waals surface area contributed by atoms with E-state index in [0.29, 0.717) is 5.52 Å². The molecule has 35 heavy (non-hydrogen) atoms. The standard InChI is InChI=1S/C28H25N3O4/c1-34-22-11-6-18(7-12-22)16-19-4-3-5-25-27(19)30-26-17-21(31(32)33)10-15-24(26)28(25)29-20-8-13-23(35-2)14-9-20/h6-17H,3-5H2,1-2H3,(H,29,30)/b19-16+. The summed E-state index contributed by atoms with van der Waals surface area (Å²) in [5, 5.41) is 15.9. The van der Waals surface area contributed by atoms with Crippen LogP contribution in [0.15, 0.2) is 66.7 Å². The minimum atomic E-state index is -0.384. The van der Waals surface area contributed by atoms with E-state index >= 15 is 0 Å². The molecule has 1 N–H and O–H groups in total. The normalized spacial score (nSPS) is 13.9. The van der Waals surface area contributed by atoms with Crippen molar-refractivity contribution in [1.29, 1.82) is 0 Å². The first-order valence-electron chi connectivity index (χ1n) is 11.4. The van der Waals surface area contributed by atoms with Crippen LogP contribution in [0.4, 0.5) is 17.1 Å². The molecule has 0 fully saturated rings. The van der Waals surface area contributed by atoms with Crippen molar-refractivity contribution < 1.29 is 14.4 Å². The van der Waals surface area contributed by atoms with Crippen LogP contribution in [0.1, 0.15) is 29.7 Å². The Bertz CT molecular complexity index is 1430. The lowest BCUT2D eigenvalue weighted by molar-refractivity contribution is -0.384. The van der Waals surface area contributed by atoms with E-state index in [0.717, 1.165) is 69.9 Å². The number of nitro benzene ring substituents is 1. The second-order valence-electron chi connectivity index (χ2n) is 8.42. The second-order valence-corrected chi connectivity index (χ2v) is 8.42. The van der Waals surface area contributed by atoms with E-state index in [2.05, 4.69) is 11.4 Å². The summed E-state index contributed by atoms with van der Waals surface area (Å²) in [6, 6.07) is 20.5. The van der Waals surface area contributed by atoms with Gasteiger partial charge in [-0.05, 0) is 78.9 Å². The minimum Gasteiger partial charge on any atom is -0.497 e. The van der Waals surface area contributed by atoms with Gasteiger partial charge in [0.25, 0.3) is 5.69 Å². The highest BCUT2D eigenvalue weighted by molar-refractivity contribution is 5.99. The highest BCUT2D eigenvalue weighted by Gasteiger charge is 2.23. The van der Waals surface area contributed by atoms with Crippen molar-refractivity contribution in [1.82, 2.24) is 4.98 Å². The summed E-state index contributed by atoms with van der Waals surface area (Å²) in [4.78, 5) is 16.0. The van der Waals surface area contributed by atoms with Crippen LogP contribution in [-0.4, -0.2) is 24.1 Å². The van der Waals surface area contributed by atoms with Crippen LogP contribution in [0.2, 0.25) is 0 Å². The molecule has 7 nitrogen and oxygen atoms in total. The Morgan fingerprint density at radius 2 is 1.63 bits per heavy atom. The fourth-order valence-electron chi connectivity index (χ4n) is 4.49. The van der Waals surface area contributed by atoms with Crippen molar-refractivity contribution >= 4 is 39.6 Å². The summed E-state index contributed by atoms with van der Waals surface area (Å²) in [6.07, 6.45) is 4.89. The van der Waals surface area contributed by atoms with E-state index in [1.807, 2.05) is 48.5 Å². The van der Waals surface area contributed by atoms with E-state index in [4.69, 9.17) is 14.5 Å². The van der Waals surface area contributed by atoms with Crippen LogP contribution >= 0.6 is 0 Å². The van der Waals surface area contributed by atoms with E-state index < -0.39 is 0 Å². The quantitative estimate of drug-likeness (QED) is 0.248. The molecule has 3 aromatic carbocycles. The van der Waals surface area contributed by atoms with Crippen LogP contribution in [-0.2, 0) is 6.42 Å². The van der Waals surface area contributed by atoms with Crippen molar-refractivity contribution in [2.45, 2.75) is 19.3 Å². The lowest BCUT2D eigenvalue weighted by atomic mass is 9.87. The van der Waals surface area contributed by atoms with Crippen molar-refractivity contribution in [3.05, 3.63) is 93.7 Å². The fourth-order valence-corrected chi connectivity index (χ4v) is 4.49. The number of ether oxygens (including phenoxy) is 2. The molecule has 0 saturated heterocycles. The predicted octanol–water partition coefficient (Wildman–Crippen LogP) is 6.78. The van der Waals surface area contributed by atoms with Gasteiger partial charge in [0.15, 0.2) is 0 Å². The molecule has 0 saturated carbocycles. The molecule has 0 atom stereocenters. The SMILES string of the molecule is COc1ccc(/C=C2\CCCc3c2nc2cc([N+](=O)[O-])ccc2c3Nc2ccc(OC)cc2)cc1. The van der Waals surface area contributed by atoms with Crippen LogP contribution in [0.3, 0.4) is 0 Å². The molecule has 4 aromatic rings. The zero-order valence-electron chi connectivity index (χ0n) is 19.6. The Morgan fingerprint density at radius 3 is 2.29 bits per heavy atom. The average molecular weight is 468 g/mol. The number of non-ortho nitro benzene ring substituents is 1. The molecule has 7 heteroatoms. The third-order valence-corrected chi connectivity index (χ3v) is 6.27. The number of hydrogen-bond acceptors (Lipinski definition) is 6. The van der Waals surface area contributed by atoms with Gasteiger partial charge in [0.2, 0.25) is 0 Å². The van der Waals surface area contributed by atoms with E-state index in [-0.39, 0.29) is 10.6 Å². The van der Waals surface area contributed by atoms with Crippen LogP contribution < -0.4 is 14.8 Å². The van der Waals surface area contributed by atoms with Crippen molar-refractivity contribution in [2.24, 2.45) is 0 Å². The van der Waals surface area contributed by atoms with E-state index in [1.54, 1.807) is 26.4 Å². The van der Waals surface area contributed by atoms with Gasteiger partial charge in [-0.2, -0.15) is 0 Å². The van der Waals surface area contributed by atoms with Crippen molar-refractivity contribution in [2.75, 3.05) is 19.5 Å². The monoisotopic (exact) mass is 467 g/mol. The molecular weight excluding hydrogens is 442 g/mol. The van der Waals surface area contributed by atoms with Crippen molar-refractivity contribution in [3.63, 3.8) is 0 Å². The Labute approximate surface area is 203 Å². The molecule has 1 heterocycles. The maximum atomic E-state index is 11.5. The highest BCUT2D eigenvalue weighted by atomic mass is 16.6. The minimum absolute atomic E-state index is 0.0249. The topological polar surface area (TPSA) is 86.5 Å². The number of benzene rings is 3. The van der Waals surface area contributed by atoms with Gasteiger partial charge in [0.05, 0.1) is 36.0 Å². The van der Waals surface area contributed by atoms with Crippen LogP contribution in [0.25, 0.3) is 22.6 Å². The first kappa shape index (κ1) is 22.4. The number of nitro groups is 1. The molecule has 0 spiro atoms. The molecule has 0 aliphatic heterocycles. The van der Waals surface area contributed by atoms with E-state index in [9.17, 15) is 10.1 Å². The smallest absolute Gasteiger partial charge is 0.271 e. The number of methoxy groups -OCH3 is 2. The highest BCUT2D eigenvalue weighted by Crippen LogP contribution is 2.41. The molecule has 5 rings (SSSR count). The number of hydrogen-bond donors (Lipinski definition) is 1. The molecule has 1 aromatic heterocycles. The van der Waals surface area contributed by atoms with Gasteiger partial charge >= 0.3 is 0 Å². The number of allylic oxidation sites excluding steroid dienone is 1. The number of pyridine rings is 1. The maximum absolute atomic E-state index is 11.5. The first-order valence-corrected chi connectivity index (χ1v) is 11.4. The Morgan fingerprint density at radius 1 is 0.943 bits per heavy atom. The number of rotatable bonds is 6. The van der Waals surface area contributed by atoms with Gasteiger partial charge < -0.3 is 14.8 Å². The second kappa shape index (κ2) is 9.46. The summed E-state index contributed by atoms with van der Waals surface area (Å²) in [5.41, 5.74) is 6.63. The molecule has 0 radical (unpaired) electrons. The van der Waals surface area contributed by atoms with Gasteiger partial charge in [-0.3, -0.25) is 10.1 Å². The number of fused-ring (bicyclic) bond motifs is 2. The largest absolute Gasteiger partial charge is 0.497 e. The summed E-state index contributed by atoms with van der Waals surface area (Å²) in [7, 11) is 3.29. The molecule has 1 aliphatic carbocycles. The van der Waals surface area contributed by atoms with Gasteiger partial charge in [0, 0.05) is 28.8 Å². The van der Waals surface area contributed by atoms with Gasteiger partial charge in [0.1, 0.15) is 11.5 Å². The molecular formula is C28H25N3O4. The number of aromatic nitrogens is 1. The summed E-state index contributed by atoms with van der Waals surface area (Å²) < 4.78 is 10.6. The molecule has 0 unspecified atom stereocenters. The summed E-state index contributed by atoms with van der Waals surface area (Å²) in [5.74, 6) is 1.58. The summed E-state index contributed by atoms with van der Waals surface area (Å²) in [6.45, 7) is 0. The third-order valence-electron chi connectivity index (χ3n) is 6.27. The van der Waals surface area contributed by atoms with Gasteiger partial charge in [-0.15, -0.1) is 0 Å². The van der Waals surface area contributed by atoms with Crippen molar-refractivity contribution in [3.8, 4) is 11.5 Å². The lowest BCUT2D eigenvalue weighted by Crippen LogP contribution is -2.09. The van der Waals surface area contributed by atoms with Crippen LogP contribution in [0, 0.1) is 10.1 Å². The molecule has 0 amide bonds. The third kappa shape index (κ3) is 4.53. The summed E-state index contributed by atoms with van der Waals surface area (Å²) >= 11 is 0. The van der Waals surface area contributed by atoms with Gasteiger partial charge in [-0.1, -0.05) is 12.1 Å². The Hall–Kier alpha value is -4.39. The Balaban J connectivity index is 1.66. The average Bonchev–Trinajstić information content (AvgIpc) is 2.89. The molecule has 1 aliphatic rings. The Kier molecular flexibility index (Phi) is 6.06. The lowest BCUT2D eigenvalue weighted by Gasteiger charge is -2.24. The number of nitrogens with zero attached hydrogens (tertiary/aromatic N) is 2. The zero-order chi connectivity index (χ0) is 24.4. The maximum Gasteiger partial charge on any atom is 0.271 e. The number of nitrogens with one attached hydrogen (secondary N) is 1. The predicted molar refractivity (Wildman–Crippen MR) is 138 cm³/mol. The number of anilines is 2. The molecule has 0 bridgehead atoms. The van der Waals surface area contributed by atoms with E-state index in [1.165, 1.54) is 6.07 Å². The zero-order valence-corrected chi connectivity index (χ0v) is 19.6. The first-order chi connectivity index (χ1) is 17.1. The fraction of sp³-hybridized carbons (Fsp3) is 0.179. The van der Waals surface area contributed by atoms with Crippen LogP contribution in [0.5, 0.6) is 11.5 Å². The molecule has 176 valence electrons. The van der Waals surface area contributed by atoms with Gasteiger partial charge in [-0.25, -0.2) is 4.98 Å².